The van der Waals surface area contributed by atoms with Crippen LogP contribution in [0.2, 0.25) is 0 Å². The van der Waals surface area contributed by atoms with E-state index in [1.807, 2.05) is 6.07 Å². The Bertz CT molecular complexity index is 299. The molecule has 1 aromatic rings. The van der Waals surface area contributed by atoms with Gasteiger partial charge in [0, 0.05) is 17.8 Å². The van der Waals surface area contributed by atoms with Gasteiger partial charge in [0.25, 0.3) is 0 Å². The second kappa shape index (κ2) is 4.47. The van der Waals surface area contributed by atoms with Crippen LogP contribution in [-0.4, -0.2) is 24.2 Å². The van der Waals surface area contributed by atoms with Gasteiger partial charge in [0.15, 0.2) is 0 Å². The van der Waals surface area contributed by atoms with Crippen LogP contribution in [0.5, 0.6) is 0 Å². The molecule has 13 heavy (non-hydrogen) atoms. The van der Waals surface area contributed by atoms with Crippen LogP contribution in [0.1, 0.15) is 10.4 Å². The monoisotopic (exact) mass is 180 g/mol. The molecule has 0 aliphatic heterocycles. The first kappa shape index (κ1) is 9.54. The SMILES string of the molecule is NC(=O)c1cccc(NCCO)c1. The average Bonchev–Trinajstić information content (AvgIpc) is 2.15. The number of amides is 1. The lowest BCUT2D eigenvalue weighted by molar-refractivity contribution is 0.100. The van der Waals surface area contributed by atoms with Crippen molar-refractivity contribution >= 4 is 11.6 Å². The van der Waals surface area contributed by atoms with E-state index in [1.165, 1.54) is 0 Å². The molecule has 0 radical (unpaired) electrons. The zero-order valence-corrected chi connectivity index (χ0v) is 7.16. The summed E-state index contributed by atoms with van der Waals surface area (Å²) in [7, 11) is 0. The molecule has 1 aromatic carbocycles. The number of aliphatic hydroxyl groups is 1. The number of carbonyl (C=O) groups excluding carboxylic acids is 1. The second-order valence-corrected chi connectivity index (χ2v) is 2.60. The standard InChI is InChI=1S/C9H12N2O2/c10-9(13)7-2-1-3-8(6-7)11-4-5-12/h1-3,6,11-12H,4-5H2,(H2,10,13). The minimum atomic E-state index is -0.451. The molecule has 1 amide bonds. The van der Waals surface area contributed by atoms with E-state index in [9.17, 15) is 4.79 Å². The minimum Gasteiger partial charge on any atom is -0.395 e. The molecule has 0 unspecified atom stereocenters. The number of primary amides is 1. The lowest BCUT2D eigenvalue weighted by Crippen LogP contribution is -2.12. The van der Waals surface area contributed by atoms with Crippen molar-refractivity contribution in [2.45, 2.75) is 0 Å². The van der Waals surface area contributed by atoms with E-state index >= 15 is 0 Å². The smallest absolute Gasteiger partial charge is 0.248 e. The van der Waals surface area contributed by atoms with Crippen LogP contribution in [0.15, 0.2) is 24.3 Å². The van der Waals surface area contributed by atoms with E-state index in [0.717, 1.165) is 5.69 Å². The quantitative estimate of drug-likeness (QED) is 0.619. The summed E-state index contributed by atoms with van der Waals surface area (Å²) in [6, 6.07) is 6.84. The highest BCUT2D eigenvalue weighted by Gasteiger charge is 1.99. The van der Waals surface area contributed by atoms with Gasteiger partial charge in [-0.1, -0.05) is 6.07 Å². The first-order valence-electron chi connectivity index (χ1n) is 3.98. The van der Waals surface area contributed by atoms with Crippen LogP contribution in [0, 0.1) is 0 Å². The third kappa shape index (κ3) is 2.76. The average molecular weight is 180 g/mol. The van der Waals surface area contributed by atoms with Crippen LogP contribution < -0.4 is 11.1 Å². The van der Waals surface area contributed by atoms with Crippen molar-refractivity contribution < 1.29 is 9.90 Å². The fourth-order valence-electron chi connectivity index (χ4n) is 0.983. The highest BCUT2D eigenvalue weighted by Crippen LogP contribution is 2.09. The van der Waals surface area contributed by atoms with Gasteiger partial charge in [-0.3, -0.25) is 4.79 Å². The van der Waals surface area contributed by atoms with E-state index in [2.05, 4.69) is 5.32 Å². The number of benzene rings is 1. The molecular formula is C9H12N2O2. The van der Waals surface area contributed by atoms with Crippen molar-refractivity contribution in [1.29, 1.82) is 0 Å². The van der Waals surface area contributed by atoms with Gasteiger partial charge >= 0.3 is 0 Å². The molecule has 1 rings (SSSR count). The number of hydrogen-bond acceptors (Lipinski definition) is 3. The zero-order valence-electron chi connectivity index (χ0n) is 7.16. The maximum absolute atomic E-state index is 10.8. The largest absolute Gasteiger partial charge is 0.395 e. The molecule has 0 atom stereocenters. The summed E-state index contributed by atoms with van der Waals surface area (Å²) in [6.07, 6.45) is 0. The normalized spacial score (nSPS) is 9.62. The van der Waals surface area contributed by atoms with Crippen molar-refractivity contribution in [3.8, 4) is 0 Å². The Labute approximate surface area is 76.4 Å². The molecule has 4 heteroatoms. The molecular weight excluding hydrogens is 168 g/mol. The summed E-state index contributed by atoms with van der Waals surface area (Å²) >= 11 is 0. The van der Waals surface area contributed by atoms with Crippen LogP contribution >= 0.6 is 0 Å². The summed E-state index contributed by atoms with van der Waals surface area (Å²) < 4.78 is 0. The number of hydrogen-bond donors (Lipinski definition) is 3. The number of nitrogens with two attached hydrogens (primary N) is 1. The molecule has 0 spiro atoms. The number of aliphatic hydroxyl groups excluding tert-OH is 1. The Morgan fingerprint density at radius 2 is 2.31 bits per heavy atom. The zero-order chi connectivity index (χ0) is 9.68. The number of rotatable bonds is 4. The molecule has 0 heterocycles. The van der Waals surface area contributed by atoms with Crippen LogP contribution in [0.25, 0.3) is 0 Å². The van der Waals surface area contributed by atoms with Gasteiger partial charge < -0.3 is 16.2 Å². The molecule has 4 nitrogen and oxygen atoms in total. The molecule has 0 saturated heterocycles. The molecule has 0 bridgehead atoms. The first-order valence-corrected chi connectivity index (χ1v) is 3.98. The van der Waals surface area contributed by atoms with Gasteiger partial charge in [0.05, 0.1) is 6.61 Å². The van der Waals surface area contributed by atoms with Crippen LogP contribution in [0.4, 0.5) is 5.69 Å². The maximum atomic E-state index is 10.8. The lowest BCUT2D eigenvalue weighted by Gasteiger charge is -2.04. The summed E-state index contributed by atoms with van der Waals surface area (Å²) in [5.41, 5.74) is 6.34. The van der Waals surface area contributed by atoms with E-state index in [-0.39, 0.29) is 6.61 Å². The van der Waals surface area contributed by atoms with E-state index in [1.54, 1.807) is 18.2 Å². The second-order valence-electron chi connectivity index (χ2n) is 2.60. The minimum absolute atomic E-state index is 0.0563. The van der Waals surface area contributed by atoms with Gasteiger partial charge in [0.2, 0.25) is 5.91 Å². The summed E-state index contributed by atoms with van der Waals surface area (Å²) in [5, 5.41) is 11.5. The van der Waals surface area contributed by atoms with Gasteiger partial charge in [0.1, 0.15) is 0 Å². The predicted molar refractivity (Wildman–Crippen MR) is 50.5 cm³/mol. The Morgan fingerprint density at radius 3 is 2.92 bits per heavy atom. The van der Waals surface area contributed by atoms with Crippen molar-refractivity contribution in [2.24, 2.45) is 5.73 Å². The van der Waals surface area contributed by atoms with Gasteiger partial charge in [-0.15, -0.1) is 0 Å². The lowest BCUT2D eigenvalue weighted by atomic mass is 10.2. The fraction of sp³-hybridized carbons (Fsp3) is 0.222. The summed E-state index contributed by atoms with van der Waals surface area (Å²) in [5.74, 6) is -0.451. The highest BCUT2D eigenvalue weighted by molar-refractivity contribution is 5.93. The van der Waals surface area contributed by atoms with Crippen molar-refractivity contribution in [1.82, 2.24) is 0 Å². The highest BCUT2D eigenvalue weighted by atomic mass is 16.3. The molecule has 0 aliphatic rings. The topological polar surface area (TPSA) is 75.4 Å². The van der Waals surface area contributed by atoms with Crippen molar-refractivity contribution in [3.63, 3.8) is 0 Å². The number of anilines is 1. The van der Waals surface area contributed by atoms with Crippen LogP contribution in [-0.2, 0) is 0 Å². The third-order valence-electron chi connectivity index (χ3n) is 1.59. The van der Waals surface area contributed by atoms with Crippen LogP contribution in [0.3, 0.4) is 0 Å². The van der Waals surface area contributed by atoms with Crippen molar-refractivity contribution in [3.05, 3.63) is 29.8 Å². The molecule has 0 aliphatic carbocycles. The molecule has 4 N–H and O–H groups in total. The van der Waals surface area contributed by atoms with Gasteiger partial charge in [-0.25, -0.2) is 0 Å². The van der Waals surface area contributed by atoms with Crippen molar-refractivity contribution in [2.75, 3.05) is 18.5 Å². The Morgan fingerprint density at radius 1 is 1.54 bits per heavy atom. The first-order chi connectivity index (χ1) is 6.24. The number of carbonyl (C=O) groups is 1. The number of nitrogens with one attached hydrogen (secondary N) is 1. The predicted octanol–water partition coefficient (Wildman–Crippen LogP) is 0.190. The van der Waals surface area contributed by atoms with E-state index in [0.29, 0.717) is 12.1 Å². The Balaban J connectivity index is 2.73. The molecule has 0 saturated carbocycles. The molecule has 70 valence electrons. The third-order valence-corrected chi connectivity index (χ3v) is 1.59. The molecule has 0 aromatic heterocycles. The van der Waals surface area contributed by atoms with Gasteiger partial charge in [-0.05, 0) is 18.2 Å². The molecule has 0 fully saturated rings. The van der Waals surface area contributed by atoms with E-state index < -0.39 is 5.91 Å². The fourth-order valence-corrected chi connectivity index (χ4v) is 0.983. The summed E-state index contributed by atoms with van der Waals surface area (Å²) in [4.78, 5) is 10.8. The maximum Gasteiger partial charge on any atom is 0.248 e. The van der Waals surface area contributed by atoms with Gasteiger partial charge in [-0.2, -0.15) is 0 Å². The Hall–Kier alpha value is -1.55. The van der Waals surface area contributed by atoms with E-state index in [4.69, 9.17) is 10.8 Å². The summed E-state index contributed by atoms with van der Waals surface area (Å²) in [6.45, 7) is 0.517. The Kier molecular flexibility index (Phi) is 3.28.